The molecule has 0 amide bonds. The van der Waals surface area contributed by atoms with Crippen molar-refractivity contribution in [1.82, 2.24) is 0 Å². The second-order valence-corrected chi connectivity index (χ2v) is 8.12. The second kappa shape index (κ2) is 13.8. The van der Waals surface area contributed by atoms with Gasteiger partial charge in [-0.05, 0) is 79.2 Å². The van der Waals surface area contributed by atoms with Crippen LogP contribution >= 0.6 is 0 Å². The van der Waals surface area contributed by atoms with Crippen LogP contribution < -0.4 is 18.9 Å². The van der Waals surface area contributed by atoms with Gasteiger partial charge in [0.1, 0.15) is 23.0 Å². The summed E-state index contributed by atoms with van der Waals surface area (Å²) in [6.45, 7) is 2.88. The number of benzene rings is 3. The largest absolute Gasteiger partial charge is 0.497 e. The first-order valence-corrected chi connectivity index (χ1v) is 12.0. The Morgan fingerprint density at radius 1 is 0.571 bits per heavy atom. The summed E-state index contributed by atoms with van der Waals surface area (Å²) < 4.78 is 21.6. The average Bonchev–Trinajstić information content (AvgIpc) is 2.89. The highest BCUT2D eigenvalue weighted by atomic mass is 16.5. The number of unbranched alkanes of at least 4 members (excludes halogenated alkanes) is 5. The molecule has 3 rings (SSSR count). The van der Waals surface area contributed by atoms with E-state index in [-0.39, 0.29) is 0 Å². The molecule has 0 N–H and O–H groups in total. The molecule has 0 saturated heterocycles. The number of rotatable bonds is 13. The lowest BCUT2D eigenvalue weighted by Gasteiger charge is -2.09. The summed E-state index contributed by atoms with van der Waals surface area (Å²) in [4.78, 5) is 24.7. The van der Waals surface area contributed by atoms with Crippen molar-refractivity contribution in [3.05, 3.63) is 83.9 Å². The fraction of sp³-hybridized carbons (Fsp3) is 0.310. The lowest BCUT2D eigenvalue weighted by atomic mass is 10.1. The van der Waals surface area contributed by atoms with Crippen LogP contribution in [0.5, 0.6) is 23.0 Å². The number of hydrogen-bond acceptors (Lipinski definition) is 6. The normalized spacial score (nSPS) is 10.5. The number of esters is 2. The zero-order valence-corrected chi connectivity index (χ0v) is 20.3. The van der Waals surface area contributed by atoms with Gasteiger partial charge in [0, 0.05) is 0 Å². The van der Waals surface area contributed by atoms with Gasteiger partial charge in [0.05, 0.1) is 24.8 Å². The molecule has 0 aliphatic rings. The molecule has 3 aromatic rings. The van der Waals surface area contributed by atoms with E-state index in [4.69, 9.17) is 18.9 Å². The fourth-order valence-electron chi connectivity index (χ4n) is 3.39. The molecule has 0 aliphatic heterocycles. The Kier molecular flexibility index (Phi) is 10.2. The molecule has 35 heavy (non-hydrogen) atoms. The van der Waals surface area contributed by atoms with Crippen LogP contribution in [0.2, 0.25) is 0 Å². The molecule has 0 aliphatic carbocycles. The van der Waals surface area contributed by atoms with Crippen molar-refractivity contribution in [2.45, 2.75) is 45.4 Å². The molecule has 0 bridgehead atoms. The Morgan fingerprint density at radius 2 is 1.00 bits per heavy atom. The maximum Gasteiger partial charge on any atom is 0.343 e. The Labute approximate surface area is 206 Å². The van der Waals surface area contributed by atoms with Crippen LogP contribution in [0.4, 0.5) is 0 Å². The van der Waals surface area contributed by atoms with E-state index >= 15 is 0 Å². The molecule has 0 unspecified atom stereocenters. The summed E-state index contributed by atoms with van der Waals surface area (Å²) in [5, 5.41) is 0. The van der Waals surface area contributed by atoms with Crippen LogP contribution in [0.3, 0.4) is 0 Å². The van der Waals surface area contributed by atoms with E-state index in [1.165, 1.54) is 32.1 Å². The maximum atomic E-state index is 12.5. The Morgan fingerprint density at radius 3 is 1.49 bits per heavy atom. The maximum absolute atomic E-state index is 12.5. The summed E-state index contributed by atoms with van der Waals surface area (Å²) in [6.07, 6.45) is 7.26. The van der Waals surface area contributed by atoms with Gasteiger partial charge in [0.25, 0.3) is 0 Å². The lowest BCUT2D eigenvalue weighted by Crippen LogP contribution is -2.09. The summed E-state index contributed by atoms with van der Waals surface area (Å²) >= 11 is 0. The van der Waals surface area contributed by atoms with Gasteiger partial charge in [-0.2, -0.15) is 0 Å². The van der Waals surface area contributed by atoms with E-state index < -0.39 is 11.9 Å². The highest BCUT2D eigenvalue weighted by molar-refractivity contribution is 5.92. The fourth-order valence-corrected chi connectivity index (χ4v) is 3.39. The van der Waals surface area contributed by atoms with Gasteiger partial charge < -0.3 is 18.9 Å². The molecule has 6 nitrogen and oxygen atoms in total. The third kappa shape index (κ3) is 8.49. The van der Waals surface area contributed by atoms with Gasteiger partial charge in [-0.25, -0.2) is 9.59 Å². The first-order valence-electron chi connectivity index (χ1n) is 12.0. The summed E-state index contributed by atoms with van der Waals surface area (Å²) in [5.41, 5.74) is 0.827. The highest BCUT2D eigenvalue weighted by Gasteiger charge is 2.11. The zero-order chi connectivity index (χ0) is 24.9. The standard InChI is InChI=1S/C29H32O6/c1-3-4-5-6-7-8-21-33-25-15-11-23(12-16-25)29(31)35-27-19-17-26(18-20-27)34-28(30)22-9-13-24(32-2)14-10-22/h9-20H,3-8,21H2,1-2H3. The Bertz CT molecular complexity index is 1060. The molecule has 0 spiro atoms. The van der Waals surface area contributed by atoms with Gasteiger partial charge in [0.15, 0.2) is 0 Å². The van der Waals surface area contributed by atoms with Crippen molar-refractivity contribution in [2.75, 3.05) is 13.7 Å². The zero-order valence-electron chi connectivity index (χ0n) is 20.3. The van der Waals surface area contributed by atoms with Crippen LogP contribution in [0.15, 0.2) is 72.8 Å². The van der Waals surface area contributed by atoms with Crippen LogP contribution in [0.1, 0.15) is 66.2 Å². The van der Waals surface area contributed by atoms with Gasteiger partial charge in [-0.1, -0.05) is 39.0 Å². The second-order valence-electron chi connectivity index (χ2n) is 8.12. The molecular weight excluding hydrogens is 444 g/mol. The third-order valence-electron chi connectivity index (χ3n) is 5.43. The van der Waals surface area contributed by atoms with E-state index in [0.717, 1.165) is 12.2 Å². The summed E-state index contributed by atoms with van der Waals surface area (Å²) in [6, 6.07) is 19.8. The molecule has 0 heterocycles. The minimum Gasteiger partial charge on any atom is -0.497 e. The molecule has 0 saturated carbocycles. The van der Waals surface area contributed by atoms with Crippen molar-refractivity contribution in [3.63, 3.8) is 0 Å². The van der Waals surface area contributed by atoms with Crippen LogP contribution in [0.25, 0.3) is 0 Å². The molecule has 0 aromatic heterocycles. The van der Waals surface area contributed by atoms with Crippen molar-refractivity contribution < 1.29 is 28.5 Å². The van der Waals surface area contributed by atoms with Crippen LogP contribution in [0, 0.1) is 0 Å². The summed E-state index contributed by atoms with van der Waals surface area (Å²) in [5.74, 6) is 1.12. The van der Waals surface area contributed by atoms with E-state index in [0.29, 0.717) is 35.0 Å². The molecule has 3 aromatic carbocycles. The smallest absolute Gasteiger partial charge is 0.343 e. The Hall–Kier alpha value is -3.80. The molecule has 0 atom stereocenters. The molecule has 6 heteroatoms. The molecular formula is C29H32O6. The SMILES string of the molecule is CCCCCCCCOc1ccc(C(=O)Oc2ccc(OC(=O)c3ccc(OC)cc3)cc2)cc1. The van der Waals surface area contributed by atoms with Crippen molar-refractivity contribution in [3.8, 4) is 23.0 Å². The quantitative estimate of drug-likeness (QED) is 0.152. The third-order valence-corrected chi connectivity index (χ3v) is 5.43. The topological polar surface area (TPSA) is 71.1 Å². The monoisotopic (exact) mass is 476 g/mol. The predicted octanol–water partition coefficient (Wildman–Crippen LogP) is 6.87. The molecule has 0 fully saturated rings. The minimum atomic E-state index is -0.490. The first kappa shape index (κ1) is 25.8. The number of hydrogen-bond donors (Lipinski definition) is 0. The van der Waals surface area contributed by atoms with Gasteiger partial charge in [0.2, 0.25) is 0 Å². The van der Waals surface area contributed by atoms with E-state index in [1.54, 1.807) is 79.9 Å². The van der Waals surface area contributed by atoms with Gasteiger partial charge >= 0.3 is 11.9 Å². The first-order chi connectivity index (χ1) is 17.1. The summed E-state index contributed by atoms with van der Waals surface area (Å²) in [7, 11) is 1.56. The lowest BCUT2D eigenvalue weighted by molar-refractivity contribution is 0.0719. The predicted molar refractivity (Wildman–Crippen MR) is 135 cm³/mol. The van der Waals surface area contributed by atoms with E-state index in [9.17, 15) is 9.59 Å². The highest BCUT2D eigenvalue weighted by Crippen LogP contribution is 2.21. The van der Waals surface area contributed by atoms with E-state index in [1.807, 2.05) is 0 Å². The molecule has 184 valence electrons. The minimum absolute atomic E-state index is 0.345. The van der Waals surface area contributed by atoms with Crippen molar-refractivity contribution in [1.29, 1.82) is 0 Å². The number of ether oxygens (including phenoxy) is 4. The van der Waals surface area contributed by atoms with Crippen molar-refractivity contribution in [2.24, 2.45) is 0 Å². The molecule has 0 radical (unpaired) electrons. The number of carbonyl (C=O) groups excluding carboxylic acids is 2. The number of methoxy groups -OCH3 is 1. The van der Waals surface area contributed by atoms with Crippen LogP contribution in [-0.4, -0.2) is 25.7 Å². The van der Waals surface area contributed by atoms with Gasteiger partial charge in [-0.15, -0.1) is 0 Å². The average molecular weight is 477 g/mol. The van der Waals surface area contributed by atoms with E-state index in [2.05, 4.69) is 6.92 Å². The Balaban J connectivity index is 1.44. The van der Waals surface area contributed by atoms with Gasteiger partial charge in [-0.3, -0.25) is 0 Å². The van der Waals surface area contributed by atoms with Crippen LogP contribution in [-0.2, 0) is 0 Å². The number of carbonyl (C=O) groups is 2. The van der Waals surface area contributed by atoms with Crippen molar-refractivity contribution >= 4 is 11.9 Å².